The molecule has 0 aromatic heterocycles. The molecule has 1 rings (SSSR count). The molecule has 1 aromatic carbocycles. The Balaban J connectivity index is 2.54. The monoisotopic (exact) mass is 360 g/mol. The fourth-order valence-electron chi connectivity index (χ4n) is 1.52. The normalized spacial score (nSPS) is 10.9. The summed E-state index contributed by atoms with van der Waals surface area (Å²) in [6, 6.07) is 5.64. The van der Waals surface area contributed by atoms with E-state index in [1.165, 1.54) is 31.2 Å². The van der Waals surface area contributed by atoms with Crippen LogP contribution >= 0.6 is 11.6 Å². The van der Waals surface area contributed by atoms with Crippen molar-refractivity contribution in [3.8, 4) is 0 Å². The number of carbonyl (C=O) groups is 2. The first kappa shape index (κ1) is 19.1. The van der Waals surface area contributed by atoms with Crippen molar-refractivity contribution in [1.29, 1.82) is 0 Å². The van der Waals surface area contributed by atoms with Gasteiger partial charge in [0.2, 0.25) is 15.9 Å². The Morgan fingerprint density at radius 1 is 1.26 bits per heavy atom. The highest BCUT2D eigenvalue weighted by Gasteiger charge is 2.14. The molecule has 7 nitrogen and oxygen atoms in total. The van der Waals surface area contributed by atoms with E-state index in [1.807, 2.05) is 0 Å². The van der Waals surface area contributed by atoms with Crippen LogP contribution in [0.5, 0.6) is 0 Å². The molecular formula is C14H17ClN2O5S. The van der Waals surface area contributed by atoms with Gasteiger partial charge in [-0.2, -0.15) is 0 Å². The fourth-order valence-corrected chi connectivity index (χ4v) is 2.61. The maximum Gasteiger partial charge on any atom is 0.307 e. The molecular weight excluding hydrogens is 344 g/mol. The van der Waals surface area contributed by atoms with Crippen LogP contribution in [0.4, 0.5) is 5.69 Å². The van der Waals surface area contributed by atoms with E-state index in [2.05, 4.69) is 16.6 Å². The molecule has 23 heavy (non-hydrogen) atoms. The maximum absolute atomic E-state index is 12.0. The summed E-state index contributed by atoms with van der Waals surface area (Å²) in [5.74, 6) is -0.840. The van der Waals surface area contributed by atoms with Crippen molar-refractivity contribution in [2.75, 3.05) is 18.5 Å². The number of benzene rings is 1. The molecule has 0 saturated heterocycles. The molecule has 0 radical (unpaired) electrons. The summed E-state index contributed by atoms with van der Waals surface area (Å²) in [4.78, 5) is 22.2. The van der Waals surface area contributed by atoms with Crippen LogP contribution in [0.1, 0.15) is 13.3 Å². The smallest absolute Gasteiger partial charge is 0.307 e. The summed E-state index contributed by atoms with van der Waals surface area (Å²) < 4.78 is 31.1. The number of hydrogen-bond acceptors (Lipinski definition) is 5. The van der Waals surface area contributed by atoms with Crippen molar-refractivity contribution >= 4 is 39.2 Å². The van der Waals surface area contributed by atoms with Crippen molar-refractivity contribution in [2.24, 2.45) is 0 Å². The van der Waals surface area contributed by atoms with Crippen molar-refractivity contribution in [3.63, 3.8) is 0 Å². The quantitative estimate of drug-likeness (QED) is 0.686. The topological polar surface area (TPSA) is 102 Å². The Kier molecular flexibility index (Phi) is 7.21. The predicted molar refractivity (Wildman–Crippen MR) is 86.5 cm³/mol. The third kappa shape index (κ3) is 7.27. The third-order valence-corrected chi connectivity index (χ3v) is 4.08. The number of ether oxygens (including phenoxy) is 1. The maximum atomic E-state index is 12.0. The molecule has 0 aliphatic heterocycles. The van der Waals surface area contributed by atoms with Crippen molar-refractivity contribution < 1.29 is 22.7 Å². The van der Waals surface area contributed by atoms with E-state index in [0.717, 1.165) is 0 Å². The van der Waals surface area contributed by atoms with Crippen molar-refractivity contribution in [1.82, 2.24) is 4.72 Å². The van der Waals surface area contributed by atoms with Crippen LogP contribution < -0.4 is 10.0 Å². The van der Waals surface area contributed by atoms with Crippen LogP contribution in [0.25, 0.3) is 0 Å². The van der Waals surface area contributed by atoms with Gasteiger partial charge in [-0.3, -0.25) is 9.59 Å². The first-order valence-electron chi connectivity index (χ1n) is 6.57. The van der Waals surface area contributed by atoms with E-state index < -0.39 is 16.0 Å². The summed E-state index contributed by atoms with van der Waals surface area (Å²) in [7, 11) is -3.75. The van der Waals surface area contributed by atoms with E-state index in [9.17, 15) is 18.0 Å². The lowest BCUT2D eigenvalue weighted by Crippen LogP contribution is -2.26. The van der Waals surface area contributed by atoms with E-state index >= 15 is 0 Å². The molecule has 1 aromatic rings. The highest BCUT2D eigenvalue weighted by molar-refractivity contribution is 7.89. The number of nitrogens with one attached hydrogen (secondary N) is 2. The molecule has 0 aliphatic rings. The molecule has 0 saturated carbocycles. The number of halogens is 1. The lowest BCUT2D eigenvalue weighted by Gasteiger charge is -2.08. The van der Waals surface area contributed by atoms with Crippen LogP contribution in [-0.2, 0) is 24.3 Å². The first-order valence-corrected chi connectivity index (χ1v) is 8.43. The van der Waals surface area contributed by atoms with Gasteiger partial charge in [-0.1, -0.05) is 18.2 Å². The van der Waals surface area contributed by atoms with Crippen LogP contribution in [0.15, 0.2) is 40.8 Å². The Hall–Kier alpha value is -1.90. The van der Waals surface area contributed by atoms with Gasteiger partial charge in [-0.25, -0.2) is 13.1 Å². The summed E-state index contributed by atoms with van der Waals surface area (Å²) in [5.41, 5.74) is 0.487. The zero-order chi connectivity index (χ0) is 17.5. The number of amides is 1. The van der Waals surface area contributed by atoms with Gasteiger partial charge in [0.15, 0.2) is 0 Å². The molecule has 0 aliphatic carbocycles. The van der Waals surface area contributed by atoms with Gasteiger partial charge in [0.25, 0.3) is 0 Å². The van der Waals surface area contributed by atoms with E-state index in [0.29, 0.717) is 5.69 Å². The Bertz CT molecular complexity index is 686. The van der Waals surface area contributed by atoms with Gasteiger partial charge in [0.1, 0.15) is 6.61 Å². The lowest BCUT2D eigenvalue weighted by atomic mass is 10.3. The zero-order valence-electron chi connectivity index (χ0n) is 12.5. The molecule has 0 heterocycles. The van der Waals surface area contributed by atoms with Crippen molar-refractivity contribution in [3.05, 3.63) is 35.9 Å². The lowest BCUT2D eigenvalue weighted by molar-refractivity contribution is -0.142. The molecule has 2 N–H and O–H groups in total. The Morgan fingerprint density at radius 2 is 1.87 bits per heavy atom. The molecule has 126 valence electrons. The number of esters is 1. The van der Waals surface area contributed by atoms with Crippen LogP contribution in [-0.4, -0.2) is 33.4 Å². The minimum absolute atomic E-state index is 0.0223. The second-order valence-corrected chi connectivity index (χ2v) is 6.83. The van der Waals surface area contributed by atoms with E-state index in [-0.39, 0.29) is 35.4 Å². The Morgan fingerprint density at radius 3 is 2.39 bits per heavy atom. The number of sulfonamides is 1. The highest BCUT2D eigenvalue weighted by Crippen LogP contribution is 2.13. The fraction of sp³-hybridized carbons (Fsp3) is 0.286. The largest absolute Gasteiger partial charge is 0.460 e. The standard InChI is InChI=1S/C14H17ClN2O5S/c1-10(15)9-22-14(19)7-8-16-23(20,21)13-5-3-12(4-6-13)17-11(2)18/h3-6,16H,1,7-9H2,2H3,(H,17,18). The third-order valence-electron chi connectivity index (χ3n) is 2.50. The minimum atomic E-state index is -3.75. The summed E-state index contributed by atoms with van der Waals surface area (Å²) in [5, 5.41) is 2.71. The first-order chi connectivity index (χ1) is 10.7. The Labute approximate surface area is 139 Å². The molecule has 0 atom stereocenters. The number of carbonyl (C=O) groups excluding carboxylic acids is 2. The number of anilines is 1. The van der Waals surface area contributed by atoms with E-state index in [1.54, 1.807) is 0 Å². The molecule has 1 amide bonds. The zero-order valence-corrected chi connectivity index (χ0v) is 14.0. The second kappa shape index (κ2) is 8.66. The minimum Gasteiger partial charge on any atom is -0.460 e. The van der Waals surface area contributed by atoms with E-state index in [4.69, 9.17) is 16.3 Å². The molecule has 9 heteroatoms. The van der Waals surface area contributed by atoms with Crippen LogP contribution in [0.3, 0.4) is 0 Å². The van der Waals surface area contributed by atoms with Gasteiger partial charge >= 0.3 is 5.97 Å². The van der Waals surface area contributed by atoms with Gasteiger partial charge in [-0.15, -0.1) is 0 Å². The van der Waals surface area contributed by atoms with Gasteiger partial charge < -0.3 is 10.1 Å². The highest BCUT2D eigenvalue weighted by atomic mass is 35.5. The van der Waals surface area contributed by atoms with Crippen LogP contribution in [0.2, 0.25) is 0 Å². The van der Waals surface area contributed by atoms with Crippen molar-refractivity contribution in [2.45, 2.75) is 18.2 Å². The second-order valence-electron chi connectivity index (χ2n) is 4.53. The summed E-state index contributed by atoms with van der Waals surface area (Å²) in [6.07, 6.45) is -0.132. The van der Waals surface area contributed by atoms with Gasteiger partial charge in [0, 0.05) is 24.2 Å². The van der Waals surface area contributed by atoms with Gasteiger partial charge in [-0.05, 0) is 24.3 Å². The summed E-state index contributed by atoms with van der Waals surface area (Å²) >= 11 is 5.44. The predicted octanol–water partition coefficient (Wildman–Crippen LogP) is 1.61. The SMILES string of the molecule is C=C(Cl)COC(=O)CCNS(=O)(=O)c1ccc(NC(C)=O)cc1. The molecule has 0 fully saturated rings. The molecule has 0 bridgehead atoms. The van der Waals surface area contributed by atoms with Crippen LogP contribution in [0, 0.1) is 0 Å². The number of hydrogen-bond donors (Lipinski definition) is 2. The molecule has 0 unspecified atom stereocenters. The van der Waals surface area contributed by atoms with Gasteiger partial charge in [0.05, 0.1) is 11.3 Å². The average molecular weight is 361 g/mol. The molecule has 0 spiro atoms. The summed E-state index contributed by atoms with van der Waals surface area (Å²) in [6.45, 7) is 4.49. The average Bonchev–Trinajstić information content (AvgIpc) is 2.45. The number of rotatable bonds is 8.